The summed E-state index contributed by atoms with van der Waals surface area (Å²) >= 11 is 1.41. The zero-order chi connectivity index (χ0) is 24.7. The van der Waals surface area contributed by atoms with Gasteiger partial charge in [0.2, 0.25) is 0 Å². The second kappa shape index (κ2) is 11.2. The first-order valence-electron chi connectivity index (χ1n) is 10.0. The lowest BCUT2D eigenvalue weighted by atomic mass is 10.1. The Kier molecular flexibility index (Phi) is 8.63. The Morgan fingerprint density at radius 2 is 1.88 bits per heavy atom. The van der Waals surface area contributed by atoms with Gasteiger partial charge in [0.15, 0.2) is 0 Å². The first-order chi connectivity index (χ1) is 15.5. The van der Waals surface area contributed by atoms with E-state index >= 15 is 0 Å². The highest BCUT2D eigenvalue weighted by atomic mass is 32.1. The fraction of sp³-hybridized carbons (Fsp3) is 0.261. The van der Waals surface area contributed by atoms with Gasteiger partial charge in [-0.3, -0.25) is 9.59 Å². The van der Waals surface area contributed by atoms with Gasteiger partial charge in [0, 0.05) is 31.4 Å². The number of aliphatic carboxylic acids is 2. The van der Waals surface area contributed by atoms with Crippen molar-refractivity contribution in [3.05, 3.63) is 65.2 Å². The van der Waals surface area contributed by atoms with Gasteiger partial charge >= 0.3 is 11.9 Å². The van der Waals surface area contributed by atoms with Crippen LogP contribution >= 0.6 is 11.3 Å². The SMILES string of the molecule is C=C(C)Nc1ccc(CN(C)c2ccc(C(=C)N[C@@H](CCC(=O)O)C(=O)O)s2)cc1C(N)=O. The average Bonchev–Trinajstić information content (AvgIpc) is 3.21. The van der Waals surface area contributed by atoms with Crippen molar-refractivity contribution in [2.75, 3.05) is 17.3 Å². The van der Waals surface area contributed by atoms with Gasteiger partial charge in [-0.2, -0.15) is 0 Å². The molecule has 9 nitrogen and oxygen atoms in total. The molecule has 2 rings (SSSR count). The van der Waals surface area contributed by atoms with E-state index in [2.05, 4.69) is 23.8 Å². The standard InChI is InChI=1S/C23H28N4O5S/c1-13(2)25-17-6-5-15(11-16(17)22(24)30)12-27(4)20-9-8-19(33-20)14(3)26-18(23(31)32)7-10-21(28)29/h5-6,8-9,11,18,25-26H,1,3,7,10,12H2,2,4H3,(H2,24,30)(H,28,29)(H,31,32)/t18-/m0/s1. The third kappa shape index (κ3) is 7.39. The van der Waals surface area contributed by atoms with Crippen LogP contribution in [-0.4, -0.2) is 41.1 Å². The normalized spacial score (nSPS) is 11.3. The van der Waals surface area contributed by atoms with Gasteiger partial charge in [-0.05, 0) is 43.2 Å². The lowest BCUT2D eigenvalue weighted by molar-refractivity contribution is -0.140. The number of nitrogens with one attached hydrogen (secondary N) is 2. The summed E-state index contributed by atoms with van der Waals surface area (Å²) in [7, 11) is 1.89. The van der Waals surface area contributed by atoms with Crippen LogP contribution in [0.4, 0.5) is 10.7 Å². The van der Waals surface area contributed by atoms with Gasteiger partial charge in [-0.25, -0.2) is 4.79 Å². The van der Waals surface area contributed by atoms with E-state index in [1.807, 2.05) is 30.1 Å². The lowest BCUT2D eigenvalue weighted by Crippen LogP contribution is -2.35. The number of nitrogens with two attached hydrogens (primary N) is 1. The van der Waals surface area contributed by atoms with Crippen LogP contribution in [0.15, 0.2) is 49.2 Å². The minimum atomic E-state index is -1.14. The van der Waals surface area contributed by atoms with Gasteiger partial charge < -0.3 is 31.5 Å². The van der Waals surface area contributed by atoms with Crippen LogP contribution in [0.1, 0.15) is 40.6 Å². The molecule has 176 valence electrons. The van der Waals surface area contributed by atoms with Gasteiger partial charge in [0.1, 0.15) is 6.04 Å². The number of anilines is 2. The Bertz CT molecular complexity index is 1080. The third-order valence-electron chi connectivity index (χ3n) is 4.68. The minimum absolute atomic E-state index is 0.0553. The van der Waals surface area contributed by atoms with Gasteiger partial charge in [0.25, 0.3) is 5.91 Å². The van der Waals surface area contributed by atoms with E-state index in [1.165, 1.54) is 11.3 Å². The zero-order valence-corrected chi connectivity index (χ0v) is 19.4. The predicted octanol–water partition coefficient (Wildman–Crippen LogP) is 3.31. The molecule has 1 aromatic heterocycles. The smallest absolute Gasteiger partial charge is 0.326 e. The molecule has 10 heteroatoms. The number of nitrogens with zero attached hydrogens (tertiary/aromatic N) is 1. The zero-order valence-electron chi connectivity index (χ0n) is 18.6. The van der Waals surface area contributed by atoms with E-state index < -0.39 is 23.9 Å². The number of hydrogen-bond acceptors (Lipinski definition) is 7. The fourth-order valence-corrected chi connectivity index (χ4v) is 3.99. The number of rotatable bonds is 13. The van der Waals surface area contributed by atoms with E-state index in [0.717, 1.165) is 15.4 Å². The van der Waals surface area contributed by atoms with Crippen molar-refractivity contribution in [1.82, 2.24) is 5.32 Å². The van der Waals surface area contributed by atoms with Crippen molar-refractivity contribution in [1.29, 1.82) is 0 Å². The van der Waals surface area contributed by atoms with Gasteiger partial charge in [-0.1, -0.05) is 19.2 Å². The first kappa shape index (κ1) is 25.5. The van der Waals surface area contributed by atoms with Gasteiger partial charge in [0.05, 0.1) is 21.1 Å². The van der Waals surface area contributed by atoms with Crippen molar-refractivity contribution in [3.63, 3.8) is 0 Å². The number of primary amides is 1. The van der Waals surface area contributed by atoms with Crippen molar-refractivity contribution in [2.24, 2.45) is 5.73 Å². The summed E-state index contributed by atoms with van der Waals surface area (Å²) in [6.07, 6.45) is -0.316. The number of benzene rings is 1. The number of allylic oxidation sites excluding steroid dienone is 1. The van der Waals surface area contributed by atoms with Crippen molar-refractivity contribution >= 4 is 45.6 Å². The molecule has 0 saturated heterocycles. The van der Waals surface area contributed by atoms with E-state index in [4.69, 9.17) is 10.8 Å². The van der Waals surface area contributed by atoms with Crippen LogP contribution in [0.5, 0.6) is 0 Å². The molecule has 0 aliphatic rings. The van der Waals surface area contributed by atoms with Crippen molar-refractivity contribution in [2.45, 2.75) is 32.4 Å². The summed E-state index contributed by atoms with van der Waals surface area (Å²) in [6.45, 7) is 9.97. The van der Waals surface area contributed by atoms with Crippen LogP contribution < -0.4 is 21.3 Å². The molecule has 1 atom stereocenters. The molecule has 1 heterocycles. The Balaban J connectivity index is 2.10. The molecule has 1 aromatic carbocycles. The Labute approximate surface area is 196 Å². The molecule has 0 bridgehead atoms. The molecular weight excluding hydrogens is 444 g/mol. The second-order valence-electron chi connectivity index (χ2n) is 7.59. The Morgan fingerprint density at radius 3 is 2.45 bits per heavy atom. The summed E-state index contributed by atoms with van der Waals surface area (Å²) in [6, 6.07) is 8.06. The van der Waals surface area contributed by atoms with E-state index in [-0.39, 0.29) is 12.8 Å². The fourth-order valence-electron chi connectivity index (χ4n) is 3.09. The highest BCUT2D eigenvalue weighted by Gasteiger charge is 2.20. The molecule has 1 amide bonds. The molecule has 0 saturated carbocycles. The molecule has 0 aliphatic heterocycles. The van der Waals surface area contributed by atoms with Crippen molar-refractivity contribution < 1.29 is 24.6 Å². The summed E-state index contributed by atoms with van der Waals surface area (Å²) in [4.78, 5) is 36.7. The Hall–Kier alpha value is -3.79. The lowest BCUT2D eigenvalue weighted by Gasteiger charge is -2.19. The summed E-state index contributed by atoms with van der Waals surface area (Å²) < 4.78 is 0. The average molecular weight is 473 g/mol. The number of carboxylic acid groups (broad SMARTS) is 2. The molecule has 33 heavy (non-hydrogen) atoms. The van der Waals surface area contributed by atoms with Crippen LogP contribution in [0.25, 0.3) is 5.70 Å². The van der Waals surface area contributed by atoms with Crippen LogP contribution in [-0.2, 0) is 16.1 Å². The molecule has 2 aromatic rings. The first-order valence-corrected chi connectivity index (χ1v) is 10.9. The topological polar surface area (TPSA) is 145 Å². The molecule has 0 radical (unpaired) electrons. The van der Waals surface area contributed by atoms with E-state index in [0.29, 0.717) is 29.2 Å². The number of thiophene rings is 1. The highest BCUT2D eigenvalue weighted by molar-refractivity contribution is 7.17. The highest BCUT2D eigenvalue weighted by Crippen LogP contribution is 2.30. The number of carbonyl (C=O) groups excluding carboxylic acids is 1. The van der Waals surface area contributed by atoms with Gasteiger partial charge in [-0.15, -0.1) is 11.3 Å². The van der Waals surface area contributed by atoms with Crippen LogP contribution in [0.2, 0.25) is 0 Å². The second-order valence-corrected chi connectivity index (χ2v) is 8.65. The largest absolute Gasteiger partial charge is 0.481 e. The molecule has 0 unspecified atom stereocenters. The number of carbonyl (C=O) groups is 3. The predicted molar refractivity (Wildman–Crippen MR) is 130 cm³/mol. The minimum Gasteiger partial charge on any atom is -0.481 e. The maximum atomic E-state index is 11.9. The third-order valence-corrected chi connectivity index (χ3v) is 5.94. The van der Waals surface area contributed by atoms with Crippen LogP contribution in [0.3, 0.4) is 0 Å². The number of amides is 1. The van der Waals surface area contributed by atoms with E-state index in [1.54, 1.807) is 19.1 Å². The van der Waals surface area contributed by atoms with Crippen molar-refractivity contribution in [3.8, 4) is 0 Å². The quantitative estimate of drug-likeness (QED) is 0.299. The molecule has 0 spiro atoms. The molecule has 6 N–H and O–H groups in total. The Morgan fingerprint density at radius 1 is 1.18 bits per heavy atom. The maximum Gasteiger partial charge on any atom is 0.326 e. The molecule has 0 aliphatic carbocycles. The summed E-state index contributed by atoms with van der Waals surface area (Å²) in [5.74, 6) is -2.74. The van der Waals surface area contributed by atoms with E-state index in [9.17, 15) is 19.5 Å². The number of hydrogen-bond donors (Lipinski definition) is 5. The van der Waals surface area contributed by atoms with Crippen LogP contribution in [0, 0.1) is 0 Å². The molecule has 0 fully saturated rings. The summed E-state index contributed by atoms with van der Waals surface area (Å²) in [5, 5.41) is 24.8. The molecular formula is C23H28N4O5S. The summed E-state index contributed by atoms with van der Waals surface area (Å²) in [5.41, 5.74) is 8.47. The number of carboxylic acids is 2. The maximum absolute atomic E-state index is 11.9. The monoisotopic (exact) mass is 472 g/mol.